The van der Waals surface area contributed by atoms with Crippen molar-refractivity contribution in [3.8, 4) is 0 Å². The second kappa shape index (κ2) is 8.52. The summed E-state index contributed by atoms with van der Waals surface area (Å²) in [6.07, 6.45) is 3.65. The minimum absolute atomic E-state index is 0.571. The molecular weight excluding hydrogens is 162 g/mol. The van der Waals surface area contributed by atoms with Gasteiger partial charge in [-0.3, -0.25) is 0 Å². The van der Waals surface area contributed by atoms with Crippen molar-refractivity contribution in [2.75, 3.05) is 20.3 Å². The molecule has 0 spiro atoms. The molecular formula is C11H25NO. The van der Waals surface area contributed by atoms with E-state index in [0.29, 0.717) is 6.04 Å². The van der Waals surface area contributed by atoms with E-state index in [4.69, 9.17) is 4.74 Å². The fourth-order valence-electron chi connectivity index (χ4n) is 1.27. The predicted octanol–water partition coefficient (Wildman–Crippen LogP) is 2.44. The zero-order valence-electron chi connectivity index (χ0n) is 9.60. The lowest BCUT2D eigenvalue weighted by molar-refractivity contribution is 0.0954. The SMILES string of the molecule is CCCC(C)COCCC(C)NC. The molecule has 1 N–H and O–H groups in total. The van der Waals surface area contributed by atoms with Gasteiger partial charge in [-0.2, -0.15) is 0 Å². The molecule has 0 aromatic heterocycles. The first kappa shape index (κ1) is 12.9. The van der Waals surface area contributed by atoms with Gasteiger partial charge in [-0.1, -0.05) is 20.3 Å². The van der Waals surface area contributed by atoms with E-state index < -0.39 is 0 Å². The van der Waals surface area contributed by atoms with Crippen LogP contribution in [0.5, 0.6) is 0 Å². The third-order valence-electron chi connectivity index (χ3n) is 2.37. The number of rotatable bonds is 8. The van der Waals surface area contributed by atoms with Crippen LogP contribution in [0.3, 0.4) is 0 Å². The van der Waals surface area contributed by atoms with Crippen LogP contribution in [0.25, 0.3) is 0 Å². The van der Waals surface area contributed by atoms with Gasteiger partial charge < -0.3 is 10.1 Å². The Kier molecular flexibility index (Phi) is 8.46. The lowest BCUT2D eigenvalue weighted by Gasteiger charge is -2.13. The van der Waals surface area contributed by atoms with Crippen LogP contribution >= 0.6 is 0 Å². The van der Waals surface area contributed by atoms with Crippen molar-refractivity contribution in [1.29, 1.82) is 0 Å². The maximum atomic E-state index is 5.58. The van der Waals surface area contributed by atoms with Crippen LogP contribution in [0.4, 0.5) is 0 Å². The molecule has 0 aliphatic heterocycles. The van der Waals surface area contributed by atoms with Crippen molar-refractivity contribution < 1.29 is 4.74 Å². The Bertz CT molecular complexity index is 106. The largest absolute Gasteiger partial charge is 0.381 e. The molecule has 2 nitrogen and oxygen atoms in total. The van der Waals surface area contributed by atoms with Gasteiger partial charge in [0.15, 0.2) is 0 Å². The molecule has 0 radical (unpaired) electrons. The highest BCUT2D eigenvalue weighted by atomic mass is 16.5. The van der Waals surface area contributed by atoms with Gasteiger partial charge in [-0.15, -0.1) is 0 Å². The van der Waals surface area contributed by atoms with Gasteiger partial charge in [0.1, 0.15) is 0 Å². The normalized spacial score (nSPS) is 15.7. The lowest BCUT2D eigenvalue weighted by atomic mass is 10.1. The standard InChI is InChI=1S/C11H25NO/c1-5-6-10(2)9-13-8-7-11(3)12-4/h10-12H,5-9H2,1-4H3. The minimum atomic E-state index is 0.571. The molecule has 0 aliphatic rings. The summed E-state index contributed by atoms with van der Waals surface area (Å²) in [7, 11) is 1.99. The smallest absolute Gasteiger partial charge is 0.0491 e. The van der Waals surface area contributed by atoms with Crippen LogP contribution < -0.4 is 5.32 Å². The van der Waals surface area contributed by atoms with E-state index in [-0.39, 0.29) is 0 Å². The summed E-state index contributed by atoms with van der Waals surface area (Å²) in [6, 6.07) is 0.571. The van der Waals surface area contributed by atoms with Crippen LogP contribution in [0.15, 0.2) is 0 Å². The average Bonchev–Trinajstić information content (AvgIpc) is 2.12. The number of hydrogen-bond acceptors (Lipinski definition) is 2. The Balaban J connectivity index is 3.15. The summed E-state index contributed by atoms with van der Waals surface area (Å²) in [5.74, 6) is 0.717. The summed E-state index contributed by atoms with van der Waals surface area (Å²) < 4.78 is 5.58. The maximum absolute atomic E-state index is 5.58. The van der Waals surface area contributed by atoms with Crippen LogP contribution in [0.1, 0.15) is 40.0 Å². The molecule has 0 saturated carbocycles. The summed E-state index contributed by atoms with van der Waals surface area (Å²) in [5, 5.41) is 3.20. The van der Waals surface area contributed by atoms with Crippen molar-refractivity contribution in [3.05, 3.63) is 0 Å². The minimum Gasteiger partial charge on any atom is -0.381 e. The molecule has 0 aliphatic carbocycles. The van der Waals surface area contributed by atoms with E-state index in [1.54, 1.807) is 0 Å². The first-order chi connectivity index (χ1) is 6.20. The number of ether oxygens (including phenoxy) is 1. The Hall–Kier alpha value is -0.0800. The molecule has 80 valence electrons. The molecule has 0 heterocycles. The highest BCUT2D eigenvalue weighted by Gasteiger charge is 2.01. The second-order valence-corrected chi connectivity index (χ2v) is 3.95. The first-order valence-electron chi connectivity index (χ1n) is 5.45. The van der Waals surface area contributed by atoms with Crippen LogP contribution in [-0.2, 0) is 4.74 Å². The number of nitrogens with one attached hydrogen (secondary N) is 1. The zero-order valence-corrected chi connectivity index (χ0v) is 9.60. The third-order valence-corrected chi connectivity index (χ3v) is 2.37. The van der Waals surface area contributed by atoms with E-state index in [1.807, 2.05) is 7.05 Å². The van der Waals surface area contributed by atoms with Crippen LogP contribution in [0.2, 0.25) is 0 Å². The van der Waals surface area contributed by atoms with Gasteiger partial charge in [0.05, 0.1) is 0 Å². The molecule has 0 amide bonds. The fraction of sp³-hybridized carbons (Fsp3) is 1.00. The van der Waals surface area contributed by atoms with Gasteiger partial charge >= 0.3 is 0 Å². The van der Waals surface area contributed by atoms with Crippen molar-refractivity contribution in [3.63, 3.8) is 0 Å². The zero-order chi connectivity index (χ0) is 10.1. The Morgan fingerprint density at radius 3 is 2.46 bits per heavy atom. The maximum Gasteiger partial charge on any atom is 0.0491 e. The van der Waals surface area contributed by atoms with Crippen molar-refractivity contribution in [1.82, 2.24) is 5.32 Å². The molecule has 0 aromatic rings. The van der Waals surface area contributed by atoms with Crippen LogP contribution in [0, 0.1) is 5.92 Å². The summed E-state index contributed by atoms with van der Waals surface area (Å²) >= 11 is 0. The molecule has 0 saturated heterocycles. The van der Waals surface area contributed by atoms with E-state index in [0.717, 1.165) is 25.6 Å². The Morgan fingerprint density at radius 1 is 1.23 bits per heavy atom. The third kappa shape index (κ3) is 8.26. The van der Waals surface area contributed by atoms with E-state index in [9.17, 15) is 0 Å². The summed E-state index contributed by atoms with van der Waals surface area (Å²) in [4.78, 5) is 0. The predicted molar refractivity (Wildman–Crippen MR) is 58.0 cm³/mol. The molecule has 2 atom stereocenters. The monoisotopic (exact) mass is 187 g/mol. The molecule has 0 aromatic carbocycles. The van der Waals surface area contributed by atoms with Gasteiger partial charge in [-0.25, -0.2) is 0 Å². The average molecular weight is 187 g/mol. The van der Waals surface area contributed by atoms with Gasteiger partial charge in [0.2, 0.25) is 0 Å². The van der Waals surface area contributed by atoms with Crippen molar-refractivity contribution in [2.45, 2.75) is 46.1 Å². The molecule has 13 heavy (non-hydrogen) atoms. The second-order valence-electron chi connectivity index (χ2n) is 3.95. The first-order valence-corrected chi connectivity index (χ1v) is 5.45. The van der Waals surface area contributed by atoms with Crippen LogP contribution in [-0.4, -0.2) is 26.3 Å². The van der Waals surface area contributed by atoms with Gasteiger partial charge in [0, 0.05) is 19.3 Å². The lowest BCUT2D eigenvalue weighted by Crippen LogP contribution is -2.23. The number of hydrogen-bond donors (Lipinski definition) is 1. The van der Waals surface area contributed by atoms with E-state index in [1.165, 1.54) is 12.8 Å². The Labute approximate surface area is 83.1 Å². The van der Waals surface area contributed by atoms with Gasteiger partial charge in [-0.05, 0) is 32.7 Å². The van der Waals surface area contributed by atoms with Crippen molar-refractivity contribution >= 4 is 0 Å². The van der Waals surface area contributed by atoms with E-state index >= 15 is 0 Å². The molecule has 0 fully saturated rings. The molecule has 0 bridgehead atoms. The highest BCUT2D eigenvalue weighted by Crippen LogP contribution is 2.05. The summed E-state index contributed by atoms with van der Waals surface area (Å²) in [5.41, 5.74) is 0. The highest BCUT2D eigenvalue weighted by molar-refractivity contribution is 4.56. The van der Waals surface area contributed by atoms with Gasteiger partial charge in [0.25, 0.3) is 0 Å². The quantitative estimate of drug-likeness (QED) is 0.589. The fourth-order valence-corrected chi connectivity index (χ4v) is 1.27. The molecule has 0 rings (SSSR count). The molecule has 2 unspecified atom stereocenters. The molecule has 2 heteroatoms. The summed E-state index contributed by atoms with van der Waals surface area (Å²) in [6.45, 7) is 8.46. The Morgan fingerprint density at radius 2 is 1.92 bits per heavy atom. The van der Waals surface area contributed by atoms with Crippen molar-refractivity contribution in [2.24, 2.45) is 5.92 Å². The topological polar surface area (TPSA) is 21.3 Å². The van der Waals surface area contributed by atoms with E-state index in [2.05, 4.69) is 26.1 Å².